The molecule has 0 radical (unpaired) electrons. The summed E-state index contributed by atoms with van der Waals surface area (Å²) in [5.74, 6) is 1.22. The van der Waals surface area contributed by atoms with Crippen molar-refractivity contribution in [3.8, 4) is 17.0 Å². The molecule has 0 spiro atoms. The number of halogens is 1. The molecule has 1 atom stereocenters. The van der Waals surface area contributed by atoms with Crippen LogP contribution in [0.1, 0.15) is 18.4 Å². The zero-order valence-corrected chi connectivity index (χ0v) is 18.4. The van der Waals surface area contributed by atoms with Gasteiger partial charge in [-0.05, 0) is 50.1 Å². The Labute approximate surface area is 187 Å². The second-order valence-electron chi connectivity index (χ2n) is 7.77. The molecule has 3 aromatic rings. The molecule has 4 rings (SSSR count). The van der Waals surface area contributed by atoms with E-state index in [9.17, 15) is 4.79 Å². The minimum Gasteiger partial charge on any atom is -0.495 e. The van der Waals surface area contributed by atoms with Gasteiger partial charge in [-0.1, -0.05) is 41.4 Å². The predicted molar refractivity (Wildman–Crippen MR) is 124 cm³/mol. The summed E-state index contributed by atoms with van der Waals surface area (Å²) < 4.78 is 5.16. The number of carbonyl (C=O) groups is 1. The standard InChI is InChI=1S/C24H25ClN4O2/c1-16-5-7-17(8-6-16)21-10-12-23(28-27-21)29-13-3-4-18(15-29)24(30)26-19-9-11-22(31-2)20(25)14-19/h5-12,14,18H,3-4,13,15H2,1-2H3,(H,26,30). The number of ether oxygens (including phenoxy) is 1. The third-order valence-corrected chi connectivity index (χ3v) is 5.83. The molecular weight excluding hydrogens is 412 g/mol. The molecule has 160 valence electrons. The molecule has 2 heterocycles. The first-order valence-corrected chi connectivity index (χ1v) is 10.7. The number of hydrogen-bond donors (Lipinski definition) is 1. The average Bonchev–Trinajstić information content (AvgIpc) is 2.80. The number of methoxy groups -OCH3 is 1. The maximum absolute atomic E-state index is 12.8. The van der Waals surface area contributed by atoms with E-state index in [-0.39, 0.29) is 11.8 Å². The summed E-state index contributed by atoms with van der Waals surface area (Å²) in [5, 5.41) is 12.3. The minimum absolute atomic E-state index is 0.0184. The molecule has 2 aromatic carbocycles. The van der Waals surface area contributed by atoms with Gasteiger partial charge in [0.05, 0.1) is 23.7 Å². The molecule has 1 unspecified atom stereocenters. The van der Waals surface area contributed by atoms with E-state index in [1.54, 1.807) is 25.3 Å². The van der Waals surface area contributed by atoms with E-state index in [0.29, 0.717) is 23.0 Å². The fourth-order valence-corrected chi connectivity index (χ4v) is 4.02. The van der Waals surface area contributed by atoms with Gasteiger partial charge < -0.3 is 15.0 Å². The van der Waals surface area contributed by atoms with Crippen LogP contribution in [0.15, 0.2) is 54.6 Å². The Hall–Kier alpha value is -3.12. The van der Waals surface area contributed by atoms with Gasteiger partial charge in [0.25, 0.3) is 0 Å². The van der Waals surface area contributed by atoms with E-state index in [0.717, 1.165) is 36.5 Å². The molecule has 1 aromatic heterocycles. The van der Waals surface area contributed by atoms with Gasteiger partial charge in [-0.3, -0.25) is 4.79 Å². The Balaban J connectivity index is 1.41. The average molecular weight is 437 g/mol. The Morgan fingerprint density at radius 2 is 1.94 bits per heavy atom. The number of nitrogens with one attached hydrogen (secondary N) is 1. The third-order valence-electron chi connectivity index (χ3n) is 5.53. The molecule has 0 bridgehead atoms. The summed E-state index contributed by atoms with van der Waals surface area (Å²) >= 11 is 6.17. The van der Waals surface area contributed by atoms with Gasteiger partial charge >= 0.3 is 0 Å². The van der Waals surface area contributed by atoms with E-state index in [1.807, 2.05) is 24.3 Å². The van der Waals surface area contributed by atoms with Crippen molar-refractivity contribution in [3.05, 3.63) is 65.2 Å². The molecule has 6 nitrogen and oxygen atoms in total. The largest absolute Gasteiger partial charge is 0.495 e. The smallest absolute Gasteiger partial charge is 0.229 e. The van der Waals surface area contributed by atoms with Crippen molar-refractivity contribution in [2.45, 2.75) is 19.8 Å². The SMILES string of the molecule is COc1ccc(NC(=O)C2CCCN(c3ccc(-c4ccc(C)cc4)nn3)C2)cc1Cl. The molecule has 0 saturated carbocycles. The monoisotopic (exact) mass is 436 g/mol. The van der Waals surface area contributed by atoms with Gasteiger partial charge in [0, 0.05) is 24.3 Å². The zero-order valence-electron chi connectivity index (χ0n) is 17.6. The van der Waals surface area contributed by atoms with Crippen LogP contribution in [0.5, 0.6) is 5.75 Å². The number of benzene rings is 2. The van der Waals surface area contributed by atoms with Crippen molar-refractivity contribution in [1.29, 1.82) is 0 Å². The lowest BCUT2D eigenvalue weighted by Crippen LogP contribution is -2.41. The number of anilines is 2. The van der Waals surface area contributed by atoms with Crippen LogP contribution in [-0.4, -0.2) is 36.3 Å². The van der Waals surface area contributed by atoms with E-state index in [1.165, 1.54) is 5.56 Å². The maximum atomic E-state index is 12.8. The van der Waals surface area contributed by atoms with Gasteiger partial charge in [-0.2, -0.15) is 0 Å². The summed E-state index contributed by atoms with van der Waals surface area (Å²) in [6.45, 7) is 3.52. The van der Waals surface area contributed by atoms with Crippen molar-refractivity contribution >= 4 is 29.0 Å². The lowest BCUT2D eigenvalue weighted by atomic mass is 9.97. The molecule has 1 saturated heterocycles. The van der Waals surface area contributed by atoms with Crippen LogP contribution in [0.2, 0.25) is 5.02 Å². The topological polar surface area (TPSA) is 67.3 Å². The first-order valence-electron chi connectivity index (χ1n) is 10.3. The quantitative estimate of drug-likeness (QED) is 0.611. The Morgan fingerprint density at radius 3 is 2.61 bits per heavy atom. The second kappa shape index (κ2) is 9.35. The van der Waals surface area contributed by atoms with E-state index < -0.39 is 0 Å². The van der Waals surface area contributed by atoms with Gasteiger partial charge in [-0.15, -0.1) is 10.2 Å². The lowest BCUT2D eigenvalue weighted by Gasteiger charge is -2.32. The van der Waals surface area contributed by atoms with Gasteiger partial charge in [0.2, 0.25) is 5.91 Å². The molecule has 7 heteroatoms. The maximum Gasteiger partial charge on any atom is 0.229 e. The van der Waals surface area contributed by atoms with Crippen molar-refractivity contribution < 1.29 is 9.53 Å². The number of piperidine rings is 1. The van der Waals surface area contributed by atoms with Crippen LogP contribution in [-0.2, 0) is 4.79 Å². The van der Waals surface area contributed by atoms with Crippen LogP contribution >= 0.6 is 11.6 Å². The number of aryl methyl sites for hydroxylation is 1. The Kier molecular flexibility index (Phi) is 6.37. The van der Waals surface area contributed by atoms with E-state index in [2.05, 4.69) is 39.5 Å². The second-order valence-corrected chi connectivity index (χ2v) is 8.17. The number of carbonyl (C=O) groups excluding carboxylic acids is 1. The summed E-state index contributed by atoms with van der Waals surface area (Å²) in [4.78, 5) is 15.0. The molecule has 1 amide bonds. The molecule has 31 heavy (non-hydrogen) atoms. The van der Waals surface area contributed by atoms with Crippen LogP contribution in [0.4, 0.5) is 11.5 Å². The first kappa shape index (κ1) is 21.1. The zero-order chi connectivity index (χ0) is 21.8. The molecular formula is C24H25ClN4O2. The number of rotatable bonds is 5. The van der Waals surface area contributed by atoms with E-state index >= 15 is 0 Å². The number of amides is 1. The lowest BCUT2D eigenvalue weighted by molar-refractivity contribution is -0.120. The predicted octanol–water partition coefficient (Wildman–Crippen LogP) is 4.97. The van der Waals surface area contributed by atoms with E-state index in [4.69, 9.17) is 16.3 Å². The van der Waals surface area contributed by atoms with Gasteiger partial charge in [0.15, 0.2) is 5.82 Å². The van der Waals surface area contributed by atoms with Crippen LogP contribution < -0.4 is 15.0 Å². The van der Waals surface area contributed by atoms with Crippen LogP contribution in [0, 0.1) is 12.8 Å². The van der Waals surface area contributed by atoms with Crippen molar-refractivity contribution in [2.24, 2.45) is 5.92 Å². The van der Waals surface area contributed by atoms with Crippen molar-refractivity contribution in [2.75, 3.05) is 30.4 Å². The highest BCUT2D eigenvalue weighted by molar-refractivity contribution is 6.32. The van der Waals surface area contributed by atoms with Gasteiger partial charge in [-0.25, -0.2) is 0 Å². The van der Waals surface area contributed by atoms with Crippen LogP contribution in [0.25, 0.3) is 11.3 Å². The highest BCUT2D eigenvalue weighted by Crippen LogP contribution is 2.28. The Morgan fingerprint density at radius 1 is 1.13 bits per heavy atom. The number of nitrogens with zero attached hydrogens (tertiary/aromatic N) is 3. The molecule has 1 N–H and O–H groups in total. The summed E-state index contributed by atoms with van der Waals surface area (Å²) in [7, 11) is 1.56. The third kappa shape index (κ3) is 4.97. The fraction of sp³-hybridized carbons (Fsp3) is 0.292. The number of aromatic nitrogens is 2. The molecule has 1 aliphatic heterocycles. The van der Waals surface area contributed by atoms with Crippen molar-refractivity contribution in [1.82, 2.24) is 10.2 Å². The molecule has 1 fully saturated rings. The van der Waals surface area contributed by atoms with Crippen LogP contribution in [0.3, 0.4) is 0 Å². The summed E-state index contributed by atoms with van der Waals surface area (Å²) in [5.41, 5.74) is 3.75. The first-order chi connectivity index (χ1) is 15.0. The highest BCUT2D eigenvalue weighted by Gasteiger charge is 2.27. The summed E-state index contributed by atoms with van der Waals surface area (Å²) in [6, 6.07) is 17.4. The highest BCUT2D eigenvalue weighted by atomic mass is 35.5. The Bertz CT molecular complexity index is 1050. The molecule has 0 aliphatic carbocycles. The molecule has 1 aliphatic rings. The normalized spacial score (nSPS) is 16.1. The van der Waals surface area contributed by atoms with Crippen molar-refractivity contribution in [3.63, 3.8) is 0 Å². The fourth-order valence-electron chi connectivity index (χ4n) is 3.76. The minimum atomic E-state index is -0.131. The summed E-state index contributed by atoms with van der Waals surface area (Å²) in [6.07, 6.45) is 1.75. The van der Waals surface area contributed by atoms with Gasteiger partial charge in [0.1, 0.15) is 5.75 Å². The number of hydrogen-bond acceptors (Lipinski definition) is 5.